The normalized spacial score (nSPS) is 22.0. The molecule has 1 aliphatic carbocycles. The first-order valence-corrected chi connectivity index (χ1v) is 5.68. The van der Waals surface area contributed by atoms with E-state index in [1.54, 1.807) is 7.05 Å². The van der Waals surface area contributed by atoms with Crippen LogP contribution in [-0.2, 0) is 0 Å². The Bertz CT molecular complexity index is 435. The summed E-state index contributed by atoms with van der Waals surface area (Å²) in [6.07, 6.45) is 1.22. The van der Waals surface area contributed by atoms with Gasteiger partial charge in [0.25, 0.3) is 5.69 Å². The topological polar surface area (TPSA) is 80.1 Å². The second-order valence-electron chi connectivity index (χ2n) is 4.46. The van der Waals surface area contributed by atoms with Crippen molar-refractivity contribution >= 4 is 17.3 Å². The number of aromatic nitrogens is 1. The smallest absolute Gasteiger partial charge is 0.276 e. The van der Waals surface area contributed by atoms with Crippen molar-refractivity contribution in [2.24, 2.45) is 11.8 Å². The Kier molecular flexibility index (Phi) is 3.12. The highest BCUT2D eigenvalue weighted by atomic mass is 16.6. The molecule has 2 atom stereocenters. The molecule has 17 heavy (non-hydrogen) atoms. The fraction of sp³-hybridized carbons (Fsp3) is 0.545. The van der Waals surface area contributed by atoms with Crippen LogP contribution in [0.2, 0.25) is 0 Å². The SMILES string of the molecule is CNc1cc([N+](=O)[O-])cc(NCC2CC2C)n1. The van der Waals surface area contributed by atoms with Crippen LogP contribution in [0, 0.1) is 22.0 Å². The molecule has 1 aromatic heterocycles. The van der Waals surface area contributed by atoms with E-state index in [2.05, 4.69) is 22.5 Å². The van der Waals surface area contributed by atoms with Gasteiger partial charge in [-0.2, -0.15) is 0 Å². The van der Waals surface area contributed by atoms with Gasteiger partial charge in [-0.1, -0.05) is 6.92 Å². The maximum Gasteiger partial charge on any atom is 0.276 e. The molecule has 0 bridgehead atoms. The van der Waals surface area contributed by atoms with E-state index in [1.807, 2.05) is 0 Å². The molecular formula is C11H16N4O2. The van der Waals surface area contributed by atoms with Gasteiger partial charge in [0.05, 0.1) is 17.1 Å². The van der Waals surface area contributed by atoms with Crippen LogP contribution in [0.1, 0.15) is 13.3 Å². The highest BCUT2D eigenvalue weighted by Gasteiger charge is 2.32. The Morgan fingerprint density at radius 2 is 2.18 bits per heavy atom. The van der Waals surface area contributed by atoms with Crippen molar-refractivity contribution in [2.75, 3.05) is 24.2 Å². The van der Waals surface area contributed by atoms with E-state index in [4.69, 9.17) is 0 Å². The third kappa shape index (κ3) is 2.83. The number of hydrogen-bond acceptors (Lipinski definition) is 5. The minimum Gasteiger partial charge on any atom is -0.373 e. The minimum absolute atomic E-state index is 0.0516. The second kappa shape index (κ2) is 4.57. The number of nitrogens with one attached hydrogen (secondary N) is 2. The molecule has 1 aromatic rings. The Hall–Kier alpha value is -1.85. The molecule has 92 valence electrons. The average molecular weight is 236 g/mol. The van der Waals surface area contributed by atoms with E-state index < -0.39 is 4.92 Å². The Morgan fingerprint density at radius 1 is 1.53 bits per heavy atom. The van der Waals surface area contributed by atoms with Gasteiger partial charge in [0.15, 0.2) is 0 Å². The van der Waals surface area contributed by atoms with E-state index in [9.17, 15) is 10.1 Å². The third-order valence-electron chi connectivity index (χ3n) is 3.10. The van der Waals surface area contributed by atoms with Crippen LogP contribution in [0.3, 0.4) is 0 Å². The molecule has 1 heterocycles. The van der Waals surface area contributed by atoms with Crippen LogP contribution in [0.25, 0.3) is 0 Å². The summed E-state index contributed by atoms with van der Waals surface area (Å²) in [6, 6.07) is 2.89. The van der Waals surface area contributed by atoms with Gasteiger partial charge in [0, 0.05) is 13.6 Å². The molecule has 1 fully saturated rings. The Labute approximate surface area is 99.6 Å². The summed E-state index contributed by atoms with van der Waals surface area (Å²) in [5.41, 5.74) is 0.0516. The van der Waals surface area contributed by atoms with E-state index in [-0.39, 0.29) is 5.69 Å². The fourth-order valence-electron chi connectivity index (χ4n) is 1.76. The molecule has 2 N–H and O–H groups in total. The number of anilines is 2. The van der Waals surface area contributed by atoms with Crippen LogP contribution in [0.4, 0.5) is 17.3 Å². The van der Waals surface area contributed by atoms with Crippen molar-refractivity contribution < 1.29 is 4.92 Å². The van der Waals surface area contributed by atoms with E-state index in [1.165, 1.54) is 18.6 Å². The molecule has 6 nitrogen and oxygen atoms in total. The lowest BCUT2D eigenvalue weighted by Gasteiger charge is -2.07. The summed E-state index contributed by atoms with van der Waals surface area (Å²) in [5.74, 6) is 2.49. The number of nitro groups is 1. The van der Waals surface area contributed by atoms with Gasteiger partial charge in [-0.05, 0) is 18.3 Å². The first-order valence-electron chi connectivity index (χ1n) is 5.68. The predicted molar refractivity (Wildman–Crippen MR) is 66.2 cm³/mol. The van der Waals surface area contributed by atoms with Crippen molar-refractivity contribution in [2.45, 2.75) is 13.3 Å². The van der Waals surface area contributed by atoms with E-state index in [0.29, 0.717) is 17.6 Å². The van der Waals surface area contributed by atoms with Crippen molar-refractivity contribution in [1.82, 2.24) is 4.98 Å². The monoisotopic (exact) mass is 236 g/mol. The van der Waals surface area contributed by atoms with Crippen LogP contribution in [-0.4, -0.2) is 23.5 Å². The number of rotatable bonds is 5. The molecule has 6 heteroatoms. The van der Waals surface area contributed by atoms with Gasteiger partial charge >= 0.3 is 0 Å². The molecule has 0 radical (unpaired) electrons. The van der Waals surface area contributed by atoms with Crippen LogP contribution < -0.4 is 10.6 Å². The van der Waals surface area contributed by atoms with Crippen LogP contribution in [0.5, 0.6) is 0 Å². The molecule has 2 rings (SSSR count). The molecular weight excluding hydrogens is 220 g/mol. The van der Waals surface area contributed by atoms with Gasteiger partial charge in [0.1, 0.15) is 11.6 Å². The zero-order chi connectivity index (χ0) is 12.4. The molecule has 0 saturated heterocycles. The van der Waals surface area contributed by atoms with Gasteiger partial charge in [-0.3, -0.25) is 10.1 Å². The van der Waals surface area contributed by atoms with Crippen LogP contribution in [0.15, 0.2) is 12.1 Å². The summed E-state index contributed by atoms with van der Waals surface area (Å²) in [7, 11) is 1.69. The molecule has 0 amide bonds. The largest absolute Gasteiger partial charge is 0.373 e. The van der Waals surface area contributed by atoms with Gasteiger partial charge in [-0.15, -0.1) is 0 Å². The summed E-state index contributed by atoms with van der Waals surface area (Å²) >= 11 is 0. The first kappa shape index (κ1) is 11.6. The maximum absolute atomic E-state index is 10.7. The quantitative estimate of drug-likeness (QED) is 0.604. The summed E-state index contributed by atoms with van der Waals surface area (Å²) < 4.78 is 0. The zero-order valence-corrected chi connectivity index (χ0v) is 9.93. The molecule has 1 saturated carbocycles. The number of pyridine rings is 1. The molecule has 2 unspecified atom stereocenters. The molecule has 0 aromatic carbocycles. The molecule has 0 aliphatic heterocycles. The first-order chi connectivity index (χ1) is 8.10. The summed E-state index contributed by atoms with van der Waals surface area (Å²) in [4.78, 5) is 14.6. The lowest BCUT2D eigenvalue weighted by atomic mass is 10.3. The lowest BCUT2D eigenvalue weighted by Crippen LogP contribution is -2.07. The van der Waals surface area contributed by atoms with Crippen molar-refractivity contribution in [3.05, 3.63) is 22.2 Å². The maximum atomic E-state index is 10.7. The van der Waals surface area contributed by atoms with Crippen LogP contribution >= 0.6 is 0 Å². The highest BCUT2D eigenvalue weighted by Crippen LogP contribution is 2.37. The Balaban J connectivity index is 2.09. The zero-order valence-electron chi connectivity index (χ0n) is 9.93. The third-order valence-corrected chi connectivity index (χ3v) is 3.10. The highest BCUT2D eigenvalue weighted by molar-refractivity contribution is 5.54. The minimum atomic E-state index is -0.409. The lowest BCUT2D eigenvalue weighted by molar-refractivity contribution is -0.384. The summed E-state index contributed by atoms with van der Waals surface area (Å²) in [6.45, 7) is 3.03. The van der Waals surface area contributed by atoms with E-state index in [0.717, 1.165) is 12.5 Å². The van der Waals surface area contributed by atoms with Gasteiger partial charge in [0.2, 0.25) is 0 Å². The molecule has 1 aliphatic rings. The number of nitrogens with zero attached hydrogens (tertiary/aromatic N) is 2. The second-order valence-corrected chi connectivity index (χ2v) is 4.46. The fourth-order valence-corrected chi connectivity index (χ4v) is 1.76. The summed E-state index contributed by atoms with van der Waals surface area (Å²) in [5, 5.41) is 16.7. The van der Waals surface area contributed by atoms with Crippen molar-refractivity contribution in [3.63, 3.8) is 0 Å². The van der Waals surface area contributed by atoms with Crippen molar-refractivity contribution in [3.8, 4) is 0 Å². The molecule has 0 spiro atoms. The predicted octanol–water partition coefficient (Wildman–Crippen LogP) is 2.10. The number of hydrogen-bond donors (Lipinski definition) is 2. The van der Waals surface area contributed by atoms with Gasteiger partial charge < -0.3 is 10.6 Å². The van der Waals surface area contributed by atoms with Gasteiger partial charge in [-0.25, -0.2) is 4.98 Å². The van der Waals surface area contributed by atoms with Crippen molar-refractivity contribution in [1.29, 1.82) is 0 Å². The standard InChI is InChI=1S/C11H16N4O2/c1-7-3-8(7)6-13-11-5-9(15(16)17)4-10(12-2)14-11/h4-5,7-8H,3,6H2,1-2H3,(H2,12,13,14). The average Bonchev–Trinajstić information content (AvgIpc) is 3.02. The van der Waals surface area contributed by atoms with E-state index >= 15 is 0 Å². The Morgan fingerprint density at radius 3 is 2.71 bits per heavy atom.